The Hall–Kier alpha value is -3.57. The van der Waals surface area contributed by atoms with Crippen molar-refractivity contribution in [2.24, 2.45) is 5.10 Å². The first-order chi connectivity index (χ1) is 20.1. The first-order valence-corrected chi connectivity index (χ1v) is 15.5. The quantitative estimate of drug-likeness (QED) is 0.135. The highest BCUT2D eigenvalue weighted by Crippen LogP contribution is 2.37. The number of anilines is 1. The molecule has 0 spiro atoms. The number of hydrogen-bond donors (Lipinski definition) is 1. The van der Waals surface area contributed by atoms with E-state index in [9.17, 15) is 13.2 Å². The molecule has 42 heavy (non-hydrogen) atoms. The van der Waals surface area contributed by atoms with E-state index in [2.05, 4.69) is 26.5 Å². The average Bonchev–Trinajstić information content (AvgIpc) is 2.97. The van der Waals surface area contributed by atoms with Crippen LogP contribution in [0.25, 0.3) is 0 Å². The second-order valence-electron chi connectivity index (χ2n) is 9.00. The summed E-state index contributed by atoms with van der Waals surface area (Å²) in [5.74, 6) is 0.286. The maximum absolute atomic E-state index is 13.6. The van der Waals surface area contributed by atoms with Crippen molar-refractivity contribution in [3.63, 3.8) is 0 Å². The molecular weight excluding hydrogens is 665 g/mol. The van der Waals surface area contributed by atoms with Gasteiger partial charge in [0.25, 0.3) is 15.9 Å². The van der Waals surface area contributed by atoms with Crippen LogP contribution in [0.5, 0.6) is 11.5 Å². The number of sulfonamides is 1. The molecule has 8 nitrogen and oxygen atoms in total. The highest BCUT2D eigenvalue weighted by atomic mass is 79.9. The Morgan fingerprint density at radius 3 is 2.38 bits per heavy atom. The normalized spacial score (nSPS) is 11.4. The van der Waals surface area contributed by atoms with Gasteiger partial charge in [0, 0.05) is 10.0 Å². The average molecular weight is 691 g/mol. The summed E-state index contributed by atoms with van der Waals surface area (Å²) in [6.07, 6.45) is 1.41. The summed E-state index contributed by atoms with van der Waals surface area (Å²) < 4.78 is 40.2. The molecule has 0 saturated heterocycles. The lowest BCUT2D eigenvalue weighted by Gasteiger charge is -2.25. The molecule has 0 heterocycles. The first-order valence-electron chi connectivity index (χ1n) is 12.5. The number of rotatable bonds is 11. The second kappa shape index (κ2) is 14.1. The number of carbonyl (C=O) groups excluding carboxylic acids is 1. The third kappa shape index (κ3) is 7.83. The number of nitrogens with one attached hydrogen (secondary N) is 1. The van der Waals surface area contributed by atoms with E-state index in [1.807, 2.05) is 12.1 Å². The van der Waals surface area contributed by atoms with Gasteiger partial charge in [0.15, 0.2) is 11.5 Å². The third-order valence-electron chi connectivity index (χ3n) is 6.01. The van der Waals surface area contributed by atoms with Crippen molar-refractivity contribution in [3.8, 4) is 11.5 Å². The summed E-state index contributed by atoms with van der Waals surface area (Å²) in [4.78, 5) is 13.0. The number of aryl methyl sites for hydroxylation is 1. The van der Waals surface area contributed by atoms with E-state index < -0.39 is 22.5 Å². The van der Waals surface area contributed by atoms with Crippen molar-refractivity contribution >= 4 is 67.0 Å². The fourth-order valence-electron chi connectivity index (χ4n) is 3.91. The molecule has 0 aliphatic carbocycles. The van der Waals surface area contributed by atoms with Crippen LogP contribution >= 0.6 is 39.1 Å². The van der Waals surface area contributed by atoms with Gasteiger partial charge < -0.3 is 9.47 Å². The van der Waals surface area contributed by atoms with Gasteiger partial charge in [-0.2, -0.15) is 5.10 Å². The number of hydrazone groups is 1. The van der Waals surface area contributed by atoms with E-state index in [0.717, 1.165) is 9.87 Å². The largest absolute Gasteiger partial charge is 0.493 e. The van der Waals surface area contributed by atoms with E-state index in [4.69, 9.17) is 32.7 Å². The highest BCUT2D eigenvalue weighted by Gasteiger charge is 2.28. The predicted molar refractivity (Wildman–Crippen MR) is 169 cm³/mol. The van der Waals surface area contributed by atoms with Gasteiger partial charge in [-0.25, -0.2) is 13.8 Å². The Balaban J connectivity index is 1.50. The Labute approximate surface area is 263 Å². The molecule has 0 saturated carbocycles. The minimum atomic E-state index is -4.09. The van der Waals surface area contributed by atoms with Crippen molar-refractivity contribution in [2.75, 3.05) is 18.0 Å². The van der Waals surface area contributed by atoms with Crippen LogP contribution in [-0.2, 0) is 21.4 Å². The molecule has 1 amide bonds. The number of carbonyl (C=O) groups is 1. The number of hydrogen-bond acceptors (Lipinski definition) is 6. The summed E-state index contributed by atoms with van der Waals surface area (Å²) in [5, 5.41) is 5.00. The number of benzene rings is 4. The maximum Gasteiger partial charge on any atom is 0.264 e. The molecule has 0 atom stereocenters. The summed E-state index contributed by atoms with van der Waals surface area (Å²) in [7, 11) is -2.58. The monoisotopic (exact) mass is 689 g/mol. The Bertz CT molecular complexity index is 1700. The van der Waals surface area contributed by atoms with Crippen LogP contribution in [0.2, 0.25) is 10.0 Å². The number of methoxy groups -OCH3 is 1. The minimum Gasteiger partial charge on any atom is -0.493 e. The summed E-state index contributed by atoms with van der Waals surface area (Å²) in [5.41, 5.74) is 4.84. The zero-order chi connectivity index (χ0) is 30.3. The van der Waals surface area contributed by atoms with Crippen LogP contribution in [0.4, 0.5) is 5.69 Å². The van der Waals surface area contributed by atoms with Crippen molar-refractivity contribution in [3.05, 3.63) is 116 Å². The molecule has 0 aromatic heterocycles. The van der Waals surface area contributed by atoms with E-state index in [-0.39, 0.29) is 10.6 Å². The summed E-state index contributed by atoms with van der Waals surface area (Å²) in [6.45, 7) is 1.51. The smallest absolute Gasteiger partial charge is 0.264 e. The molecular formula is C30H26BrCl2N3O5S. The molecule has 4 rings (SSSR count). The zero-order valence-electron chi connectivity index (χ0n) is 22.6. The topological polar surface area (TPSA) is 97.3 Å². The number of amides is 1. The first kappa shape index (κ1) is 31.4. The fraction of sp³-hybridized carbons (Fsp3) is 0.133. The van der Waals surface area contributed by atoms with Gasteiger partial charge in [-0.15, -0.1) is 0 Å². The predicted octanol–water partition coefficient (Wildman–Crippen LogP) is 7.00. The van der Waals surface area contributed by atoms with Crippen LogP contribution in [0.3, 0.4) is 0 Å². The molecule has 0 bridgehead atoms. The van der Waals surface area contributed by atoms with E-state index >= 15 is 0 Å². The molecule has 4 aromatic carbocycles. The van der Waals surface area contributed by atoms with Gasteiger partial charge in [0.05, 0.1) is 28.4 Å². The van der Waals surface area contributed by atoms with Crippen LogP contribution in [0.1, 0.15) is 16.7 Å². The van der Waals surface area contributed by atoms with Gasteiger partial charge in [-0.3, -0.25) is 9.10 Å². The standard InChI is InChI=1S/C30H26BrCl2N3O5S/c1-20-8-11-24(33)16-27(20)36(42(38,39)25-6-4-3-5-7-25)18-29(37)35-34-17-22-14-26(31)30(28(15-22)40-2)41-19-21-9-12-23(32)13-10-21/h3-17H,18-19H2,1-2H3,(H,35,37)/b34-17-. The van der Waals surface area contributed by atoms with Gasteiger partial charge in [0.2, 0.25) is 0 Å². The second-order valence-corrected chi connectivity index (χ2v) is 12.6. The van der Waals surface area contributed by atoms with E-state index in [1.54, 1.807) is 61.5 Å². The highest BCUT2D eigenvalue weighted by molar-refractivity contribution is 9.10. The summed E-state index contributed by atoms with van der Waals surface area (Å²) >= 11 is 15.6. The Kier molecular flexibility index (Phi) is 10.5. The van der Waals surface area contributed by atoms with Crippen molar-refractivity contribution in [2.45, 2.75) is 18.4 Å². The zero-order valence-corrected chi connectivity index (χ0v) is 26.5. The maximum atomic E-state index is 13.6. The third-order valence-corrected chi connectivity index (χ3v) is 8.86. The van der Waals surface area contributed by atoms with E-state index in [0.29, 0.717) is 43.8 Å². The van der Waals surface area contributed by atoms with Gasteiger partial charge in [-0.1, -0.05) is 59.6 Å². The Morgan fingerprint density at radius 2 is 1.69 bits per heavy atom. The molecule has 0 unspecified atom stereocenters. The minimum absolute atomic E-state index is 0.0380. The van der Waals surface area contributed by atoms with Gasteiger partial charge in [-0.05, 0) is 88.1 Å². The molecule has 4 aromatic rings. The van der Waals surface area contributed by atoms with Crippen LogP contribution < -0.4 is 19.2 Å². The molecule has 0 fully saturated rings. The molecule has 218 valence electrons. The Morgan fingerprint density at radius 1 is 1.00 bits per heavy atom. The van der Waals surface area contributed by atoms with Crippen molar-refractivity contribution in [1.82, 2.24) is 5.43 Å². The molecule has 0 radical (unpaired) electrons. The number of halogens is 3. The van der Waals surface area contributed by atoms with Crippen LogP contribution in [-0.4, -0.2) is 34.2 Å². The molecule has 0 aliphatic rings. The SMILES string of the molecule is COc1cc(/C=N\NC(=O)CN(c2cc(Cl)ccc2C)S(=O)(=O)c2ccccc2)cc(Br)c1OCc1ccc(Cl)cc1. The molecule has 0 aliphatic heterocycles. The lowest BCUT2D eigenvalue weighted by molar-refractivity contribution is -0.119. The van der Waals surface area contributed by atoms with Crippen molar-refractivity contribution < 1.29 is 22.7 Å². The van der Waals surface area contributed by atoms with E-state index in [1.165, 1.54) is 31.5 Å². The van der Waals surface area contributed by atoms with Crippen LogP contribution in [0, 0.1) is 6.92 Å². The lowest BCUT2D eigenvalue weighted by atomic mass is 10.2. The van der Waals surface area contributed by atoms with Gasteiger partial charge in [0.1, 0.15) is 13.2 Å². The van der Waals surface area contributed by atoms with Crippen molar-refractivity contribution in [1.29, 1.82) is 0 Å². The molecule has 1 N–H and O–H groups in total. The number of ether oxygens (including phenoxy) is 2. The number of nitrogens with zero attached hydrogens (tertiary/aromatic N) is 2. The van der Waals surface area contributed by atoms with Gasteiger partial charge >= 0.3 is 0 Å². The molecule has 12 heteroatoms. The lowest BCUT2D eigenvalue weighted by Crippen LogP contribution is -2.40. The van der Waals surface area contributed by atoms with Crippen LogP contribution in [0.15, 0.2) is 99.4 Å². The fourth-order valence-corrected chi connectivity index (χ4v) is 6.27. The summed E-state index contributed by atoms with van der Waals surface area (Å²) in [6, 6.07) is 23.5.